The maximum absolute atomic E-state index is 12.4. The first-order valence-electron chi connectivity index (χ1n) is 8.38. The van der Waals surface area contributed by atoms with Gasteiger partial charge in [-0.3, -0.25) is 0 Å². The summed E-state index contributed by atoms with van der Waals surface area (Å²) in [5.74, 6) is 0.701. The molecule has 0 atom stereocenters. The van der Waals surface area contributed by atoms with Gasteiger partial charge in [0, 0.05) is 5.38 Å². The Kier molecular flexibility index (Phi) is 5.23. The van der Waals surface area contributed by atoms with Crippen LogP contribution in [0.1, 0.15) is 15.5 Å². The fraction of sp³-hybridized carbons (Fsp3) is 0.150. The quantitative estimate of drug-likeness (QED) is 0.424. The molecule has 0 fully saturated rings. The van der Waals surface area contributed by atoms with E-state index in [0.717, 1.165) is 20.8 Å². The highest BCUT2D eigenvalue weighted by molar-refractivity contribution is 7.18. The maximum Gasteiger partial charge on any atom is 0.358 e. The van der Waals surface area contributed by atoms with Gasteiger partial charge in [-0.25, -0.2) is 14.8 Å². The lowest BCUT2D eigenvalue weighted by molar-refractivity contribution is 0.0466. The van der Waals surface area contributed by atoms with Gasteiger partial charge in [0.1, 0.15) is 16.6 Å². The van der Waals surface area contributed by atoms with Crippen LogP contribution < -0.4 is 9.47 Å². The van der Waals surface area contributed by atoms with Crippen molar-refractivity contribution in [3.63, 3.8) is 0 Å². The molecule has 0 bridgehead atoms. The molecule has 0 N–H and O–H groups in total. The smallest absolute Gasteiger partial charge is 0.358 e. The average molecular weight is 412 g/mol. The Morgan fingerprint density at radius 1 is 1.04 bits per heavy atom. The molecule has 2 heterocycles. The molecule has 2 aromatic heterocycles. The van der Waals surface area contributed by atoms with Gasteiger partial charge in [0.25, 0.3) is 0 Å². The van der Waals surface area contributed by atoms with Crippen LogP contribution >= 0.6 is 22.7 Å². The molecule has 4 rings (SSSR count). The fourth-order valence-corrected chi connectivity index (χ4v) is 4.42. The fourth-order valence-electron chi connectivity index (χ4n) is 2.73. The van der Waals surface area contributed by atoms with Gasteiger partial charge < -0.3 is 14.2 Å². The number of ether oxygens (including phenoxy) is 3. The molecule has 142 valence electrons. The lowest BCUT2D eigenvalue weighted by Gasteiger charge is -2.10. The largest absolute Gasteiger partial charge is 0.493 e. The highest BCUT2D eigenvalue weighted by Crippen LogP contribution is 2.39. The van der Waals surface area contributed by atoms with E-state index in [2.05, 4.69) is 9.97 Å². The number of methoxy groups -OCH3 is 2. The molecular formula is C20H16N2O4S2. The van der Waals surface area contributed by atoms with E-state index in [1.54, 1.807) is 19.6 Å². The third kappa shape index (κ3) is 3.56. The van der Waals surface area contributed by atoms with E-state index in [-0.39, 0.29) is 12.3 Å². The second-order valence-corrected chi connectivity index (χ2v) is 7.70. The van der Waals surface area contributed by atoms with Crippen LogP contribution in [0.3, 0.4) is 0 Å². The molecule has 6 nitrogen and oxygen atoms in total. The summed E-state index contributed by atoms with van der Waals surface area (Å²) in [6.45, 7) is 0.119. The zero-order valence-electron chi connectivity index (χ0n) is 15.2. The lowest BCUT2D eigenvalue weighted by atomic mass is 10.2. The van der Waals surface area contributed by atoms with Gasteiger partial charge in [0.05, 0.1) is 30.0 Å². The molecule has 2 aromatic carbocycles. The van der Waals surface area contributed by atoms with Gasteiger partial charge in [-0.15, -0.1) is 22.7 Å². The van der Waals surface area contributed by atoms with Crippen LogP contribution in [-0.2, 0) is 11.3 Å². The Labute approximate surface area is 169 Å². The van der Waals surface area contributed by atoms with Crippen molar-refractivity contribution in [1.82, 2.24) is 9.97 Å². The lowest BCUT2D eigenvalue weighted by Crippen LogP contribution is -2.05. The number of hydrogen-bond acceptors (Lipinski definition) is 8. The standard InChI is InChI=1S/C20H16N2O4S2/c1-24-15-8-5-6-12(18(15)25-2)19-22-14(11-27-19)20(23)26-10-17-21-13-7-3-4-9-16(13)28-17/h3-9,11H,10H2,1-2H3. The molecule has 0 saturated carbocycles. The Balaban J connectivity index is 1.50. The van der Waals surface area contributed by atoms with Crippen LogP contribution in [0.2, 0.25) is 0 Å². The number of nitrogens with zero attached hydrogens (tertiary/aromatic N) is 2. The van der Waals surface area contributed by atoms with Gasteiger partial charge in [-0.1, -0.05) is 18.2 Å². The summed E-state index contributed by atoms with van der Waals surface area (Å²) < 4.78 is 17.2. The van der Waals surface area contributed by atoms with Crippen molar-refractivity contribution >= 4 is 38.9 Å². The predicted molar refractivity (Wildman–Crippen MR) is 109 cm³/mol. The Bertz CT molecular complexity index is 1100. The third-order valence-corrected chi connectivity index (χ3v) is 5.90. The third-order valence-electron chi connectivity index (χ3n) is 4.01. The highest BCUT2D eigenvalue weighted by Gasteiger charge is 2.18. The van der Waals surface area contributed by atoms with Crippen LogP contribution in [0.5, 0.6) is 11.5 Å². The molecule has 4 aromatic rings. The molecule has 28 heavy (non-hydrogen) atoms. The van der Waals surface area contributed by atoms with Crippen molar-refractivity contribution in [2.75, 3.05) is 14.2 Å². The van der Waals surface area contributed by atoms with Crippen molar-refractivity contribution in [2.45, 2.75) is 6.61 Å². The summed E-state index contributed by atoms with van der Waals surface area (Å²) in [5.41, 5.74) is 1.92. The van der Waals surface area contributed by atoms with Crippen molar-refractivity contribution < 1.29 is 19.0 Å². The molecule has 0 radical (unpaired) electrons. The summed E-state index contributed by atoms with van der Waals surface area (Å²) in [5, 5.41) is 3.08. The number of para-hydroxylation sites is 2. The van der Waals surface area contributed by atoms with Gasteiger partial charge in [0.15, 0.2) is 17.2 Å². The SMILES string of the molecule is COc1cccc(-c2nc(C(=O)OCc3nc4ccccc4s3)cs2)c1OC. The van der Waals surface area contributed by atoms with E-state index in [9.17, 15) is 4.79 Å². The average Bonchev–Trinajstić information content (AvgIpc) is 3.38. The second kappa shape index (κ2) is 7.95. The topological polar surface area (TPSA) is 70.5 Å². The predicted octanol–water partition coefficient (Wildman–Crippen LogP) is 4.79. The zero-order chi connectivity index (χ0) is 19.5. The number of benzene rings is 2. The van der Waals surface area contributed by atoms with Crippen molar-refractivity contribution in [2.24, 2.45) is 0 Å². The first-order chi connectivity index (χ1) is 13.7. The van der Waals surface area contributed by atoms with E-state index >= 15 is 0 Å². The van der Waals surface area contributed by atoms with Gasteiger partial charge in [-0.2, -0.15) is 0 Å². The minimum Gasteiger partial charge on any atom is -0.493 e. The summed E-state index contributed by atoms with van der Waals surface area (Å²) >= 11 is 2.85. The molecule has 0 saturated heterocycles. The molecule has 0 aliphatic heterocycles. The summed E-state index contributed by atoms with van der Waals surface area (Å²) in [6, 6.07) is 13.3. The van der Waals surface area contributed by atoms with Gasteiger partial charge in [-0.05, 0) is 24.3 Å². The molecule has 0 spiro atoms. The van der Waals surface area contributed by atoms with Gasteiger partial charge >= 0.3 is 5.97 Å². The van der Waals surface area contributed by atoms with E-state index in [1.807, 2.05) is 42.5 Å². The van der Waals surface area contributed by atoms with E-state index in [0.29, 0.717) is 16.5 Å². The second-order valence-electron chi connectivity index (χ2n) is 5.73. The monoisotopic (exact) mass is 412 g/mol. The molecule has 8 heteroatoms. The first kappa shape index (κ1) is 18.4. The van der Waals surface area contributed by atoms with Crippen LogP contribution in [0, 0.1) is 0 Å². The number of thiazole rings is 2. The van der Waals surface area contributed by atoms with E-state index < -0.39 is 5.97 Å². The molecule has 0 unspecified atom stereocenters. The van der Waals surface area contributed by atoms with Crippen LogP contribution in [-0.4, -0.2) is 30.2 Å². The first-order valence-corrected chi connectivity index (χ1v) is 10.1. The number of rotatable bonds is 6. The minimum atomic E-state index is -0.483. The summed E-state index contributed by atoms with van der Waals surface area (Å²) in [7, 11) is 3.15. The molecular weight excluding hydrogens is 396 g/mol. The number of carbonyl (C=O) groups excluding carboxylic acids is 1. The Morgan fingerprint density at radius 2 is 1.89 bits per heavy atom. The van der Waals surface area contributed by atoms with Gasteiger partial charge in [0.2, 0.25) is 0 Å². The molecule has 0 amide bonds. The van der Waals surface area contributed by atoms with Crippen molar-refractivity contribution in [3.05, 3.63) is 58.5 Å². The van der Waals surface area contributed by atoms with Crippen LogP contribution in [0.25, 0.3) is 20.8 Å². The number of aromatic nitrogens is 2. The van der Waals surface area contributed by atoms with E-state index in [4.69, 9.17) is 14.2 Å². The number of hydrogen-bond donors (Lipinski definition) is 0. The van der Waals surface area contributed by atoms with Crippen molar-refractivity contribution in [3.8, 4) is 22.1 Å². The minimum absolute atomic E-state index is 0.119. The Hall–Kier alpha value is -2.97. The zero-order valence-corrected chi connectivity index (χ0v) is 16.8. The van der Waals surface area contributed by atoms with Crippen LogP contribution in [0.4, 0.5) is 0 Å². The number of fused-ring (bicyclic) bond motifs is 1. The normalized spacial score (nSPS) is 10.8. The van der Waals surface area contributed by atoms with Crippen molar-refractivity contribution in [1.29, 1.82) is 0 Å². The number of esters is 1. The van der Waals surface area contributed by atoms with Crippen LogP contribution in [0.15, 0.2) is 47.8 Å². The molecule has 0 aliphatic rings. The summed E-state index contributed by atoms with van der Waals surface area (Å²) in [4.78, 5) is 21.3. The number of carbonyl (C=O) groups is 1. The highest BCUT2D eigenvalue weighted by atomic mass is 32.1. The maximum atomic E-state index is 12.4. The molecule has 0 aliphatic carbocycles. The summed E-state index contributed by atoms with van der Waals surface area (Å²) in [6.07, 6.45) is 0. The Morgan fingerprint density at radius 3 is 2.68 bits per heavy atom. The van der Waals surface area contributed by atoms with E-state index in [1.165, 1.54) is 22.7 Å².